The molecule has 7 nitrogen and oxygen atoms in total. The third-order valence-corrected chi connectivity index (χ3v) is 5.49. The van der Waals surface area contributed by atoms with E-state index in [1.165, 1.54) is 12.1 Å². The second-order valence-electron chi connectivity index (χ2n) is 9.19. The topological polar surface area (TPSA) is 57.3 Å². The molecule has 1 fully saturated rings. The maximum atomic E-state index is 13.9. The van der Waals surface area contributed by atoms with Crippen molar-refractivity contribution in [2.24, 2.45) is 0 Å². The Labute approximate surface area is 194 Å². The number of carbonyl (C=O) groups is 1. The number of piperazine rings is 1. The molecular formula is C25H31FN4O3. The lowest BCUT2D eigenvalue weighted by Gasteiger charge is -2.37. The molecule has 4 rings (SSSR count). The van der Waals surface area contributed by atoms with E-state index in [1.54, 1.807) is 11.0 Å². The Balaban J connectivity index is 1.35. The molecule has 0 bridgehead atoms. The Morgan fingerprint density at radius 1 is 1.06 bits per heavy atom. The van der Waals surface area contributed by atoms with Gasteiger partial charge in [0, 0.05) is 38.4 Å². The lowest BCUT2D eigenvalue weighted by atomic mass is 10.2. The zero-order valence-electron chi connectivity index (χ0n) is 19.4. The van der Waals surface area contributed by atoms with Gasteiger partial charge in [0.2, 0.25) is 0 Å². The number of amides is 1. The van der Waals surface area contributed by atoms with Gasteiger partial charge in [0.1, 0.15) is 23.8 Å². The van der Waals surface area contributed by atoms with Crippen molar-refractivity contribution in [3.05, 3.63) is 71.8 Å². The zero-order chi connectivity index (χ0) is 23.4. The molecule has 0 aliphatic carbocycles. The molecule has 8 heteroatoms. The predicted octanol–water partition coefficient (Wildman–Crippen LogP) is 4.12. The Kier molecular flexibility index (Phi) is 6.62. The van der Waals surface area contributed by atoms with Gasteiger partial charge in [-0.05, 0) is 38.5 Å². The quantitative estimate of drug-likeness (QED) is 0.734. The van der Waals surface area contributed by atoms with E-state index in [-0.39, 0.29) is 11.9 Å². The highest BCUT2D eigenvalue weighted by atomic mass is 19.1. The maximum absolute atomic E-state index is 13.9. The van der Waals surface area contributed by atoms with Crippen molar-refractivity contribution < 1.29 is 18.7 Å². The molecule has 2 aromatic carbocycles. The smallest absolute Gasteiger partial charge is 0.410 e. The fourth-order valence-electron chi connectivity index (χ4n) is 3.82. The Morgan fingerprint density at radius 3 is 2.48 bits per heavy atom. The summed E-state index contributed by atoms with van der Waals surface area (Å²) in [5.41, 5.74) is 5.66. The number of anilines is 1. The van der Waals surface area contributed by atoms with Crippen molar-refractivity contribution in [3.63, 3.8) is 0 Å². The van der Waals surface area contributed by atoms with E-state index in [9.17, 15) is 9.18 Å². The average molecular weight is 455 g/mol. The molecule has 2 aliphatic rings. The summed E-state index contributed by atoms with van der Waals surface area (Å²) in [5, 5.41) is 1.94. The van der Waals surface area contributed by atoms with Crippen LogP contribution in [0.15, 0.2) is 60.4 Å². The van der Waals surface area contributed by atoms with E-state index >= 15 is 0 Å². The highest BCUT2D eigenvalue weighted by molar-refractivity contribution is 5.68. The van der Waals surface area contributed by atoms with Crippen LogP contribution in [-0.2, 0) is 11.3 Å². The van der Waals surface area contributed by atoms with Crippen LogP contribution in [0, 0.1) is 5.82 Å². The van der Waals surface area contributed by atoms with Crippen LogP contribution in [0.25, 0.3) is 0 Å². The lowest BCUT2D eigenvalue weighted by molar-refractivity contribution is 0.0168. The molecule has 0 atom stereocenters. The molecule has 2 aliphatic heterocycles. The minimum Gasteiger partial charge on any atom is -0.487 e. The number of hydrogen-bond donors (Lipinski definition) is 1. The first-order valence-electron chi connectivity index (χ1n) is 11.2. The average Bonchev–Trinajstić information content (AvgIpc) is 3.27. The van der Waals surface area contributed by atoms with Gasteiger partial charge in [-0.1, -0.05) is 30.3 Å². The number of hydrazine groups is 1. The van der Waals surface area contributed by atoms with E-state index in [1.807, 2.05) is 62.3 Å². The Morgan fingerprint density at radius 2 is 1.79 bits per heavy atom. The van der Waals surface area contributed by atoms with Crippen LogP contribution in [0.2, 0.25) is 0 Å². The number of ether oxygens (including phenoxy) is 2. The summed E-state index contributed by atoms with van der Waals surface area (Å²) in [4.78, 5) is 16.3. The van der Waals surface area contributed by atoms with Crippen molar-refractivity contribution in [2.45, 2.75) is 33.0 Å². The second-order valence-corrected chi connectivity index (χ2v) is 9.19. The fraction of sp³-hybridized carbons (Fsp3) is 0.400. The van der Waals surface area contributed by atoms with Crippen molar-refractivity contribution in [1.82, 2.24) is 15.2 Å². The molecule has 2 heterocycles. The van der Waals surface area contributed by atoms with Crippen LogP contribution in [0.4, 0.5) is 14.9 Å². The third kappa shape index (κ3) is 5.88. The van der Waals surface area contributed by atoms with Crippen LogP contribution < -0.4 is 15.2 Å². The molecule has 2 aromatic rings. The maximum Gasteiger partial charge on any atom is 0.410 e. The second kappa shape index (κ2) is 9.60. The first kappa shape index (κ1) is 22.8. The number of carbonyl (C=O) groups excluding carboxylic acids is 1. The summed E-state index contributed by atoms with van der Waals surface area (Å²) in [5.74, 6) is 0.142. The van der Waals surface area contributed by atoms with Gasteiger partial charge >= 0.3 is 6.09 Å². The summed E-state index contributed by atoms with van der Waals surface area (Å²) in [7, 11) is 0. The number of halogens is 1. The molecule has 0 radical (unpaired) electrons. The number of hydrogen-bond acceptors (Lipinski definition) is 6. The first-order chi connectivity index (χ1) is 15.8. The van der Waals surface area contributed by atoms with Crippen molar-refractivity contribution in [2.75, 3.05) is 37.7 Å². The van der Waals surface area contributed by atoms with Gasteiger partial charge in [-0.25, -0.2) is 9.18 Å². The summed E-state index contributed by atoms with van der Waals surface area (Å²) < 4.78 is 25.4. The van der Waals surface area contributed by atoms with Crippen LogP contribution in [0.3, 0.4) is 0 Å². The summed E-state index contributed by atoms with van der Waals surface area (Å²) in [6.07, 6.45) is 1.68. The SMILES string of the molecule is CC(C)(C)OC(=O)N1CCN(C2=CNN(c3ccc(F)cc3OCc3ccccc3)C2)CC1. The summed E-state index contributed by atoms with van der Waals surface area (Å²) >= 11 is 0. The molecule has 176 valence electrons. The van der Waals surface area contributed by atoms with Gasteiger partial charge in [-0.15, -0.1) is 0 Å². The molecule has 33 heavy (non-hydrogen) atoms. The lowest BCUT2D eigenvalue weighted by Crippen LogP contribution is -2.50. The highest BCUT2D eigenvalue weighted by Crippen LogP contribution is 2.31. The molecule has 0 unspecified atom stereocenters. The fourth-order valence-corrected chi connectivity index (χ4v) is 3.82. The van der Waals surface area contributed by atoms with E-state index in [0.29, 0.717) is 32.0 Å². The first-order valence-corrected chi connectivity index (χ1v) is 11.2. The van der Waals surface area contributed by atoms with Gasteiger partial charge < -0.3 is 24.7 Å². The monoisotopic (exact) mass is 454 g/mol. The normalized spacial score (nSPS) is 16.4. The minimum absolute atomic E-state index is 0.270. The van der Waals surface area contributed by atoms with E-state index in [0.717, 1.165) is 30.0 Å². The highest BCUT2D eigenvalue weighted by Gasteiger charge is 2.29. The van der Waals surface area contributed by atoms with Crippen molar-refractivity contribution in [1.29, 1.82) is 0 Å². The number of nitrogens with one attached hydrogen (secondary N) is 1. The Hall–Kier alpha value is -3.42. The van der Waals surface area contributed by atoms with Crippen LogP contribution in [0.5, 0.6) is 5.75 Å². The standard InChI is InChI=1S/C25H31FN4O3/c1-25(2,3)33-24(31)29-13-11-28(12-14-29)21-16-27-30(17-21)22-10-9-20(26)15-23(22)32-18-19-7-5-4-6-8-19/h4-10,15-16,27H,11-14,17-18H2,1-3H3. The van der Waals surface area contributed by atoms with E-state index in [2.05, 4.69) is 10.3 Å². The third-order valence-electron chi connectivity index (χ3n) is 5.49. The Bertz CT molecular complexity index is 998. The summed E-state index contributed by atoms with van der Waals surface area (Å²) in [6, 6.07) is 14.4. The molecule has 0 saturated carbocycles. The van der Waals surface area contributed by atoms with Crippen LogP contribution in [0.1, 0.15) is 26.3 Å². The van der Waals surface area contributed by atoms with Crippen LogP contribution in [-0.4, -0.2) is 54.2 Å². The van der Waals surface area contributed by atoms with Crippen molar-refractivity contribution >= 4 is 11.8 Å². The molecule has 0 spiro atoms. The predicted molar refractivity (Wildman–Crippen MR) is 125 cm³/mol. The summed E-state index contributed by atoms with van der Waals surface area (Å²) in [6.45, 7) is 9.25. The van der Waals surface area contributed by atoms with E-state index in [4.69, 9.17) is 9.47 Å². The van der Waals surface area contributed by atoms with Gasteiger partial charge in [-0.3, -0.25) is 5.01 Å². The molecule has 1 N–H and O–H groups in total. The van der Waals surface area contributed by atoms with Gasteiger partial charge in [0.15, 0.2) is 0 Å². The molecule has 0 aromatic heterocycles. The van der Waals surface area contributed by atoms with E-state index < -0.39 is 5.60 Å². The number of rotatable bonds is 5. The van der Waals surface area contributed by atoms with Gasteiger partial charge in [0.25, 0.3) is 0 Å². The molecule has 1 saturated heterocycles. The largest absolute Gasteiger partial charge is 0.487 e. The molecule has 1 amide bonds. The number of nitrogens with zero attached hydrogens (tertiary/aromatic N) is 3. The minimum atomic E-state index is -0.498. The van der Waals surface area contributed by atoms with Gasteiger partial charge in [0.05, 0.1) is 17.9 Å². The number of benzene rings is 2. The van der Waals surface area contributed by atoms with Crippen molar-refractivity contribution in [3.8, 4) is 5.75 Å². The van der Waals surface area contributed by atoms with Crippen LogP contribution >= 0.6 is 0 Å². The van der Waals surface area contributed by atoms with Gasteiger partial charge in [-0.2, -0.15) is 0 Å². The zero-order valence-corrected chi connectivity index (χ0v) is 19.4. The molecular weight excluding hydrogens is 423 g/mol.